The Balaban J connectivity index is 1.67. The highest BCUT2D eigenvalue weighted by atomic mass is 32.2. The third-order valence-corrected chi connectivity index (χ3v) is 3.88. The first-order valence-corrected chi connectivity index (χ1v) is 8.19. The molecular weight excluding hydrogens is 332 g/mol. The van der Waals surface area contributed by atoms with Gasteiger partial charge in [-0.15, -0.1) is 22.0 Å². The fourth-order valence-corrected chi connectivity index (χ4v) is 2.41. The lowest BCUT2D eigenvalue weighted by molar-refractivity contribution is 0.0435. The van der Waals surface area contributed by atoms with Crippen LogP contribution in [0.1, 0.15) is 16.2 Å². The number of rotatable bonds is 6. The Labute approximate surface area is 142 Å². The SMILES string of the molecule is COc1cc(SC)ccc1C(=O)OCc1nnc(-c2ccco2)o1. The number of hydrogen-bond acceptors (Lipinski definition) is 8. The molecule has 0 atom stereocenters. The fraction of sp³-hybridized carbons (Fsp3) is 0.188. The Kier molecular flexibility index (Phi) is 4.85. The second kappa shape index (κ2) is 7.22. The minimum atomic E-state index is -0.530. The highest BCUT2D eigenvalue weighted by molar-refractivity contribution is 7.98. The van der Waals surface area contributed by atoms with Gasteiger partial charge in [0.2, 0.25) is 0 Å². The van der Waals surface area contributed by atoms with E-state index in [0.717, 1.165) is 4.90 Å². The molecule has 2 aromatic heterocycles. The molecule has 0 fully saturated rings. The topological polar surface area (TPSA) is 87.6 Å². The average molecular weight is 346 g/mol. The molecule has 0 saturated carbocycles. The molecule has 0 spiro atoms. The molecule has 7 nitrogen and oxygen atoms in total. The Morgan fingerprint density at radius 1 is 1.29 bits per heavy atom. The molecule has 2 heterocycles. The highest BCUT2D eigenvalue weighted by Gasteiger charge is 2.17. The standard InChI is InChI=1S/C16H14N2O5S/c1-20-13-8-10(24-2)5-6-11(13)16(19)22-9-14-17-18-15(23-14)12-4-3-7-21-12/h3-8H,9H2,1-2H3. The number of aromatic nitrogens is 2. The summed E-state index contributed by atoms with van der Waals surface area (Å²) < 4.78 is 21.0. The van der Waals surface area contributed by atoms with E-state index in [1.54, 1.807) is 36.0 Å². The maximum absolute atomic E-state index is 12.2. The van der Waals surface area contributed by atoms with Crippen LogP contribution in [0.3, 0.4) is 0 Å². The molecule has 124 valence electrons. The number of hydrogen-bond donors (Lipinski definition) is 0. The van der Waals surface area contributed by atoms with Crippen LogP contribution < -0.4 is 4.74 Å². The fourth-order valence-electron chi connectivity index (χ4n) is 1.98. The van der Waals surface area contributed by atoms with Crippen LogP contribution in [-0.2, 0) is 11.3 Å². The van der Waals surface area contributed by atoms with Crippen LogP contribution in [0.25, 0.3) is 11.7 Å². The summed E-state index contributed by atoms with van der Waals surface area (Å²) in [6.45, 7) is -0.139. The second-order valence-electron chi connectivity index (χ2n) is 4.62. The smallest absolute Gasteiger partial charge is 0.342 e. The molecular formula is C16H14N2O5S. The van der Waals surface area contributed by atoms with Gasteiger partial charge in [-0.3, -0.25) is 0 Å². The number of furan rings is 1. The number of ether oxygens (including phenoxy) is 2. The predicted molar refractivity (Wildman–Crippen MR) is 85.9 cm³/mol. The molecule has 1 aromatic carbocycles. The summed E-state index contributed by atoms with van der Waals surface area (Å²) in [6, 6.07) is 8.68. The zero-order valence-corrected chi connectivity index (χ0v) is 13.8. The van der Waals surface area contributed by atoms with Crippen molar-refractivity contribution in [2.45, 2.75) is 11.5 Å². The maximum atomic E-state index is 12.2. The summed E-state index contributed by atoms with van der Waals surface area (Å²) in [6.07, 6.45) is 3.45. The van der Waals surface area contributed by atoms with E-state index >= 15 is 0 Å². The number of carbonyl (C=O) groups is 1. The van der Waals surface area contributed by atoms with Crippen LogP contribution in [-0.4, -0.2) is 29.5 Å². The third-order valence-electron chi connectivity index (χ3n) is 3.15. The first-order valence-electron chi connectivity index (χ1n) is 6.96. The maximum Gasteiger partial charge on any atom is 0.342 e. The minimum Gasteiger partial charge on any atom is -0.496 e. The Bertz CT molecular complexity index is 829. The van der Waals surface area contributed by atoms with E-state index in [1.165, 1.54) is 13.4 Å². The predicted octanol–water partition coefficient (Wildman–Crippen LogP) is 3.42. The van der Waals surface area contributed by atoms with Crippen LogP contribution in [0, 0.1) is 0 Å². The van der Waals surface area contributed by atoms with E-state index in [-0.39, 0.29) is 18.4 Å². The number of methoxy groups -OCH3 is 1. The largest absolute Gasteiger partial charge is 0.496 e. The van der Waals surface area contributed by atoms with E-state index in [4.69, 9.17) is 18.3 Å². The lowest BCUT2D eigenvalue weighted by Crippen LogP contribution is -2.07. The van der Waals surface area contributed by atoms with Gasteiger partial charge in [-0.2, -0.15) is 0 Å². The number of esters is 1. The molecule has 3 rings (SSSR count). The minimum absolute atomic E-state index is 0.139. The van der Waals surface area contributed by atoms with Crippen molar-refractivity contribution in [2.75, 3.05) is 13.4 Å². The van der Waals surface area contributed by atoms with Crippen LogP contribution in [0.15, 0.2) is 50.3 Å². The van der Waals surface area contributed by atoms with Gasteiger partial charge in [-0.1, -0.05) is 0 Å². The van der Waals surface area contributed by atoms with Crippen molar-refractivity contribution in [2.24, 2.45) is 0 Å². The average Bonchev–Trinajstić information content (AvgIpc) is 3.30. The van der Waals surface area contributed by atoms with E-state index in [1.807, 2.05) is 12.3 Å². The van der Waals surface area contributed by atoms with Gasteiger partial charge in [-0.05, 0) is 36.6 Å². The van der Waals surface area contributed by atoms with Crippen LogP contribution in [0.2, 0.25) is 0 Å². The summed E-state index contributed by atoms with van der Waals surface area (Å²) in [7, 11) is 1.50. The second-order valence-corrected chi connectivity index (χ2v) is 5.50. The van der Waals surface area contributed by atoms with E-state index < -0.39 is 5.97 Å². The Morgan fingerprint density at radius 3 is 2.88 bits per heavy atom. The molecule has 0 aliphatic heterocycles. The van der Waals surface area contributed by atoms with Gasteiger partial charge in [0.15, 0.2) is 12.4 Å². The number of carbonyl (C=O) groups excluding carboxylic acids is 1. The molecule has 0 bridgehead atoms. The highest BCUT2D eigenvalue weighted by Crippen LogP contribution is 2.26. The zero-order valence-electron chi connectivity index (χ0n) is 13.0. The molecule has 0 radical (unpaired) electrons. The Morgan fingerprint density at radius 2 is 2.17 bits per heavy atom. The van der Waals surface area contributed by atoms with Crippen molar-refractivity contribution in [3.8, 4) is 17.4 Å². The van der Waals surface area contributed by atoms with Gasteiger partial charge in [-0.25, -0.2) is 4.79 Å². The van der Waals surface area contributed by atoms with Gasteiger partial charge >= 0.3 is 5.97 Å². The lowest BCUT2D eigenvalue weighted by Gasteiger charge is -2.09. The van der Waals surface area contributed by atoms with E-state index in [2.05, 4.69) is 10.2 Å². The third kappa shape index (κ3) is 3.43. The summed E-state index contributed by atoms with van der Waals surface area (Å²) in [4.78, 5) is 13.2. The van der Waals surface area contributed by atoms with Gasteiger partial charge < -0.3 is 18.3 Å². The molecule has 24 heavy (non-hydrogen) atoms. The van der Waals surface area contributed by atoms with Crippen molar-refractivity contribution in [3.05, 3.63) is 48.0 Å². The lowest BCUT2D eigenvalue weighted by atomic mass is 10.2. The molecule has 8 heteroatoms. The quantitative estimate of drug-likeness (QED) is 0.495. The van der Waals surface area contributed by atoms with Crippen LogP contribution >= 0.6 is 11.8 Å². The molecule has 0 N–H and O–H groups in total. The molecule has 0 aliphatic rings. The number of nitrogens with zero attached hydrogens (tertiary/aromatic N) is 2. The molecule has 3 aromatic rings. The van der Waals surface area contributed by atoms with Crippen molar-refractivity contribution >= 4 is 17.7 Å². The van der Waals surface area contributed by atoms with Crippen molar-refractivity contribution in [1.29, 1.82) is 0 Å². The van der Waals surface area contributed by atoms with E-state index in [9.17, 15) is 4.79 Å². The normalized spacial score (nSPS) is 10.6. The van der Waals surface area contributed by atoms with Crippen LogP contribution in [0.4, 0.5) is 0 Å². The van der Waals surface area contributed by atoms with Gasteiger partial charge in [0.25, 0.3) is 11.8 Å². The first kappa shape index (κ1) is 16.1. The van der Waals surface area contributed by atoms with Gasteiger partial charge in [0, 0.05) is 4.90 Å². The molecule has 0 unspecified atom stereocenters. The summed E-state index contributed by atoms with van der Waals surface area (Å²) >= 11 is 1.56. The number of benzene rings is 1. The summed E-state index contributed by atoms with van der Waals surface area (Å²) in [5.41, 5.74) is 0.334. The summed E-state index contributed by atoms with van der Waals surface area (Å²) in [5, 5.41) is 7.66. The van der Waals surface area contributed by atoms with Crippen molar-refractivity contribution in [1.82, 2.24) is 10.2 Å². The Hall–Kier alpha value is -2.74. The molecule has 0 amide bonds. The van der Waals surface area contributed by atoms with Crippen LogP contribution in [0.5, 0.6) is 5.75 Å². The van der Waals surface area contributed by atoms with Gasteiger partial charge in [0.05, 0.1) is 13.4 Å². The monoisotopic (exact) mass is 346 g/mol. The number of thioether (sulfide) groups is 1. The van der Waals surface area contributed by atoms with E-state index in [0.29, 0.717) is 17.1 Å². The molecule has 0 aliphatic carbocycles. The van der Waals surface area contributed by atoms with Gasteiger partial charge in [0.1, 0.15) is 11.3 Å². The first-order chi connectivity index (χ1) is 11.7. The molecule has 0 saturated heterocycles. The summed E-state index contributed by atoms with van der Waals surface area (Å²) in [5.74, 6) is 0.780. The zero-order chi connectivity index (χ0) is 16.9. The van der Waals surface area contributed by atoms with Crippen molar-refractivity contribution in [3.63, 3.8) is 0 Å². The van der Waals surface area contributed by atoms with Crippen molar-refractivity contribution < 1.29 is 23.1 Å².